The number of carbonyl (C=O) groups is 2. The minimum Gasteiger partial charge on any atom is -0.369 e. The lowest BCUT2D eigenvalue weighted by molar-refractivity contribution is -0.134. The molecule has 1 N–H and O–H groups in total. The molecule has 0 bridgehead atoms. The quantitative estimate of drug-likeness (QED) is 0.486. The fourth-order valence-electron chi connectivity index (χ4n) is 5.56. The molecule has 36 heavy (non-hydrogen) atoms. The summed E-state index contributed by atoms with van der Waals surface area (Å²) in [6.07, 6.45) is 2.22. The van der Waals surface area contributed by atoms with E-state index in [1.54, 1.807) is 6.07 Å². The number of hydrogen-bond acceptors (Lipinski definition) is 5. The molecule has 3 aliphatic rings. The summed E-state index contributed by atoms with van der Waals surface area (Å²) >= 11 is 5.68. The molecule has 0 aromatic heterocycles. The number of nitrogens with one attached hydrogen (secondary N) is 1. The first kappa shape index (κ1) is 24.9. The van der Waals surface area contributed by atoms with Crippen LogP contribution < -0.4 is 15.1 Å². The summed E-state index contributed by atoms with van der Waals surface area (Å²) in [5.41, 5.74) is 1.35. The van der Waals surface area contributed by atoms with Crippen molar-refractivity contribution in [1.82, 2.24) is 10.2 Å². The highest BCUT2D eigenvalue weighted by Crippen LogP contribution is 2.32. The fraction of sp³-hybridized carbons (Fsp3) is 0.462. The third-order valence-corrected chi connectivity index (χ3v) is 7.88. The molecule has 3 fully saturated rings. The monoisotopic (exact) mass is 520 g/mol. The molecule has 0 radical (unpaired) electrons. The topological polar surface area (TPSA) is 55.9 Å². The highest BCUT2D eigenvalue weighted by atomic mass is 35.5. The number of anilines is 2. The molecule has 2 amide bonds. The van der Waals surface area contributed by atoms with Gasteiger partial charge in [0.15, 0.2) is 0 Å². The SMILES string of the molecule is O=C1CCC(c2ccc(N3CCN(C4CCN(c5cc(F)c(Cl)cc5F)CC4)CC3)cc2F)C(=O)N1. The van der Waals surface area contributed by atoms with Gasteiger partial charge >= 0.3 is 0 Å². The van der Waals surface area contributed by atoms with Gasteiger partial charge in [-0.3, -0.25) is 19.8 Å². The van der Waals surface area contributed by atoms with Gasteiger partial charge in [0.25, 0.3) is 0 Å². The van der Waals surface area contributed by atoms with E-state index in [0.29, 0.717) is 31.1 Å². The molecular formula is C26H28ClF3N4O2. The van der Waals surface area contributed by atoms with Crippen molar-refractivity contribution >= 4 is 34.8 Å². The minimum absolute atomic E-state index is 0.212. The molecule has 3 aliphatic heterocycles. The number of imide groups is 1. The van der Waals surface area contributed by atoms with E-state index in [1.165, 1.54) is 12.1 Å². The summed E-state index contributed by atoms with van der Waals surface area (Å²) in [5.74, 6) is -2.96. The van der Waals surface area contributed by atoms with E-state index in [0.717, 1.165) is 50.8 Å². The maximum Gasteiger partial charge on any atom is 0.234 e. The van der Waals surface area contributed by atoms with Crippen LogP contribution in [-0.2, 0) is 9.59 Å². The molecule has 3 saturated heterocycles. The summed E-state index contributed by atoms with van der Waals surface area (Å²) in [6.45, 7) is 4.41. The molecular weight excluding hydrogens is 493 g/mol. The Morgan fingerprint density at radius 3 is 2.19 bits per heavy atom. The number of hydrogen-bond donors (Lipinski definition) is 1. The van der Waals surface area contributed by atoms with Gasteiger partial charge in [-0.15, -0.1) is 0 Å². The van der Waals surface area contributed by atoms with E-state index in [4.69, 9.17) is 11.6 Å². The molecule has 0 saturated carbocycles. The first-order chi connectivity index (χ1) is 17.3. The summed E-state index contributed by atoms with van der Waals surface area (Å²) in [4.78, 5) is 29.9. The Hall–Kier alpha value is -2.78. The van der Waals surface area contributed by atoms with Crippen LogP contribution in [0.3, 0.4) is 0 Å². The smallest absolute Gasteiger partial charge is 0.234 e. The Bertz CT molecular complexity index is 1160. The number of benzene rings is 2. The van der Waals surface area contributed by atoms with E-state index >= 15 is 0 Å². The first-order valence-corrected chi connectivity index (χ1v) is 12.7. The highest BCUT2D eigenvalue weighted by molar-refractivity contribution is 6.30. The van der Waals surface area contributed by atoms with Crippen LogP contribution >= 0.6 is 11.6 Å². The number of piperidine rings is 2. The predicted molar refractivity (Wildman–Crippen MR) is 132 cm³/mol. The Labute approximate surface area is 213 Å². The molecule has 1 atom stereocenters. The van der Waals surface area contributed by atoms with Gasteiger partial charge < -0.3 is 9.80 Å². The van der Waals surface area contributed by atoms with Crippen molar-refractivity contribution < 1.29 is 22.8 Å². The maximum atomic E-state index is 14.9. The largest absolute Gasteiger partial charge is 0.369 e. The molecule has 2 aromatic carbocycles. The summed E-state index contributed by atoms with van der Waals surface area (Å²) in [6, 6.07) is 7.53. The van der Waals surface area contributed by atoms with Crippen molar-refractivity contribution in [3.05, 3.63) is 58.4 Å². The van der Waals surface area contributed by atoms with E-state index in [2.05, 4.69) is 15.1 Å². The number of amides is 2. The van der Waals surface area contributed by atoms with Crippen LogP contribution in [0.25, 0.3) is 0 Å². The standard InChI is InChI=1S/C26H28ClF3N4O2/c27-20-14-23(30)24(15-22(20)29)34-7-5-16(6-8-34)32-9-11-33(12-10-32)17-1-2-18(21(28)13-17)19-3-4-25(35)31-26(19)36/h1-2,13-16,19H,3-12H2,(H,31,35,36). The van der Waals surface area contributed by atoms with Crippen LogP contribution in [0.2, 0.25) is 5.02 Å². The van der Waals surface area contributed by atoms with E-state index in [-0.39, 0.29) is 23.0 Å². The Morgan fingerprint density at radius 1 is 0.806 bits per heavy atom. The van der Waals surface area contributed by atoms with Crippen LogP contribution in [0, 0.1) is 17.5 Å². The molecule has 10 heteroatoms. The second-order valence-electron chi connectivity index (χ2n) is 9.67. The number of nitrogens with zero attached hydrogens (tertiary/aromatic N) is 3. The van der Waals surface area contributed by atoms with E-state index in [9.17, 15) is 22.8 Å². The molecule has 6 nitrogen and oxygen atoms in total. The van der Waals surface area contributed by atoms with Gasteiger partial charge in [0.2, 0.25) is 11.8 Å². The molecule has 5 rings (SSSR count). The average Bonchev–Trinajstić information content (AvgIpc) is 2.87. The maximum absolute atomic E-state index is 14.9. The predicted octanol–water partition coefficient (Wildman–Crippen LogP) is 4.07. The zero-order valence-electron chi connectivity index (χ0n) is 19.8. The van der Waals surface area contributed by atoms with Gasteiger partial charge in [-0.05, 0) is 37.5 Å². The molecule has 192 valence electrons. The molecule has 0 spiro atoms. The molecule has 1 unspecified atom stereocenters. The van der Waals surface area contributed by atoms with Crippen molar-refractivity contribution in [3.8, 4) is 0 Å². The van der Waals surface area contributed by atoms with Crippen molar-refractivity contribution in [2.45, 2.75) is 37.6 Å². The van der Waals surface area contributed by atoms with Crippen LogP contribution in [0.5, 0.6) is 0 Å². The Morgan fingerprint density at radius 2 is 1.53 bits per heavy atom. The molecule has 2 aromatic rings. The lowest BCUT2D eigenvalue weighted by Gasteiger charge is -2.44. The van der Waals surface area contributed by atoms with E-state index in [1.807, 2.05) is 11.0 Å². The number of piperazine rings is 1. The van der Waals surface area contributed by atoms with Gasteiger partial charge in [0.1, 0.15) is 17.5 Å². The lowest BCUT2D eigenvalue weighted by Crippen LogP contribution is -2.53. The number of halogens is 4. The van der Waals surface area contributed by atoms with Crippen LogP contribution in [0.15, 0.2) is 30.3 Å². The first-order valence-electron chi connectivity index (χ1n) is 12.3. The molecule has 3 heterocycles. The summed E-state index contributed by atoms with van der Waals surface area (Å²) in [5, 5.41) is 2.07. The van der Waals surface area contributed by atoms with E-state index < -0.39 is 29.3 Å². The highest BCUT2D eigenvalue weighted by Gasteiger charge is 2.31. The summed E-state index contributed by atoms with van der Waals surface area (Å²) < 4.78 is 43.1. The molecule has 0 aliphatic carbocycles. The van der Waals surface area contributed by atoms with Crippen molar-refractivity contribution in [3.63, 3.8) is 0 Å². The van der Waals surface area contributed by atoms with Crippen LogP contribution in [0.1, 0.15) is 37.2 Å². The normalized spacial score (nSPS) is 22.2. The van der Waals surface area contributed by atoms with Crippen LogP contribution in [-0.4, -0.2) is 62.0 Å². The Balaban J connectivity index is 1.15. The van der Waals surface area contributed by atoms with Crippen molar-refractivity contribution in [2.75, 3.05) is 49.1 Å². The lowest BCUT2D eigenvalue weighted by atomic mass is 9.90. The second kappa shape index (κ2) is 10.3. The zero-order valence-corrected chi connectivity index (χ0v) is 20.5. The summed E-state index contributed by atoms with van der Waals surface area (Å²) in [7, 11) is 0. The second-order valence-corrected chi connectivity index (χ2v) is 10.1. The van der Waals surface area contributed by atoms with Gasteiger partial charge in [-0.2, -0.15) is 0 Å². The number of carbonyl (C=O) groups excluding carboxylic acids is 2. The van der Waals surface area contributed by atoms with Gasteiger partial charge in [0.05, 0.1) is 16.6 Å². The van der Waals surface area contributed by atoms with Gasteiger partial charge in [0, 0.05) is 69.0 Å². The Kier molecular flexibility index (Phi) is 7.12. The van der Waals surface area contributed by atoms with Crippen molar-refractivity contribution in [2.24, 2.45) is 0 Å². The van der Waals surface area contributed by atoms with Gasteiger partial charge in [-0.1, -0.05) is 17.7 Å². The minimum atomic E-state index is -0.641. The third-order valence-electron chi connectivity index (χ3n) is 7.59. The fourth-order valence-corrected chi connectivity index (χ4v) is 5.71. The average molecular weight is 521 g/mol. The zero-order chi connectivity index (χ0) is 25.4. The third kappa shape index (κ3) is 5.04. The van der Waals surface area contributed by atoms with Gasteiger partial charge in [-0.25, -0.2) is 13.2 Å². The number of rotatable bonds is 4. The van der Waals surface area contributed by atoms with Crippen molar-refractivity contribution in [1.29, 1.82) is 0 Å². The van der Waals surface area contributed by atoms with Crippen LogP contribution in [0.4, 0.5) is 24.5 Å².